The summed E-state index contributed by atoms with van der Waals surface area (Å²) in [5, 5.41) is 11.7. The summed E-state index contributed by atoms with van der Waals surface area (Å²) < 4.78 is 4.27. The second-order valence-electron chi connectivity index (χ2n) is 14.3. The first-order chi connectivity index (χ1) is 25.2. The van der Waals surface area contributed by atoms with E-state index in [-0.39, 0.29) is 36.0 Å². The SMILES string of the molecule is CN(C)C[C@@H]1Cc2ccccc2CN1C(=O)c1ccc(Cl)cc1-c1cc(C(=O)N(c2ccc(O)cc2)c2ccc3c(ccn3C)c2)c2n1CCCC2.Cl. The maximum Gasteiger partial charge on any atom is 0.264 e. The number of nitrogens with zero attached hydrogens (tertiary/aromatic N) is 5. The van der Waals surface area contributed by atoms with E-state index in [0.29, 0.717) is 28.4 Å². The molecule has 0 aliphatic carbocycles. The van der Waals surface area contributed by atoms with Crippen LogP contribution in [-0.2, 0) is 33.0 Å². The monoisotopic (exact) mass is 747 g/mol. The molecule has 4 heterocycles. The van der Waals surface area contributed by atoms with E-state index >= 15 is 4.79 Å². The van der Waals surface area contributed by atoms with Crippen LogP contribution in [0.2, 0.25) is 5.02 Å². The minimum atomic E-state index is -0.175. The lowest BCUT2D eigenvalue weighted by atomic mass is 9.92. The molecule has 4 aromatic carbocycles. The van der Waals surface area contributed by atoms with Crippen LogP contribution in [0.4, 0.5) is 11.4 Å². The van der Waals surface area contributed by atoms with Crippen molar-refractivity contribution in [1.82, 2.24) is 18.9 Å². The normalized spacial score (nSPS) is 15.2. The number of carbonyl (C=O) groups excluding carboxylic acids is 2. The summed E-state index contributed by atoms with van der Waals surface area (Å²) in [6.07, 6.45) is 5.45. The molecular formula is C43H43Cl2N5O3. The van der Waals surface area contributed by atoms with Crippen LogP contribution < -0.4 is 4.90 Å². The number of amides is 2. The van der Waals surface area contributed by atoms with E-state index in [2.05, 4.69) is 32.2 Å². The van der Waals surface area contributed by atoms with Crippen molar-refractivity contribution < 1.29 is 14.7 Å². The van der Waals surface area contributed by atoms with Crippen molar-refractivity contribution in [2.24, 2.45) is 7.05 Å². The highest BCUT2D eigenvalue weighted by molar-refractivity contribution is 6.31. The molecule has 1 N–H and O–H groups in total. The van der Waals surface area contributed by atoms with Gasteiger partial charge in [0.05, 0.1) is 5.56 Å². The first kappa shape index (κ1) is 36.3. The molecule has 0 spiro atoms. The smallest absolute Gasteiger partial charge is 0.264 e. The average molecular weight is 749 g/mol. The van der Waals surface area contributed by atoms with Crippen molar-refractivity contribution in [2.45, 2.75) is 44.8 Å². The van der Waals surface area contributed by atoms with Gasteiger partial charge in [-0.05, 0) is 124 Å². The van der Waals surface area contributed by atoms with Gasteiger partial charge in [-0.15, -0.1) is 12.4 Å². The molecule has 0 bridgehead atoms. The third-order valence-corrected chi connectivity index (χ3v) is 10.8. The number of aryl methyl sites for hydroxylation is 1. The number of hydrogen-bond donors (Lipinski definition) is 1. The summed E-state index contributed by atoms with van der Waals surface area (Å²) in [7, 11) is 6.09. The zero-order valence-corrected chi connectivity index (χ0v) is 31.7. The van der Waals surface area contributed by atoms with Crippen LogP contribution in [0.1, 0.15) is 50.4 Å². The molecule has 6 aromatic rings. The molecule has 2 amide bonds. The number of aromatic hydroxyl groups is 1. The number of phenols is 1. The fourth-order valence-corrected chi connectivity index (χ4v) is 8.25. The maximum absolute atomic E-state index is 15.0. The minimum absolute atomic E-state index is 0. The van der Waals surface area contributed by atoms with Gasteiger partial charge in [0.15, 0.2) is 0 Å². The van der Waals surface area contributed by atoms with E-state index in [9.17, 15) is 9.90 Å². The van der Waals surface area contributed by atoms with Crippen molar-refractivity contribution in [2.75, 3.05) is 25.5 Å². The third kappa shape index (κ3) is 6.83. The Bertz CT molecular complexity index is 2330. The van der Waals surface area contributed by atoms with Gasteiger partial charge < -0.3 is 24.0 Å². The van der Waals surface area contributed by atoms with Gasteiger partial charge in [-0.1, -0.05) is 35.9 Å². The number of halogens is 2. The maximum atomic E-state index is 15.0. The van der Waals surface area contributed by atoms with Gasteiger partial charge in [0.2, 0.25) is 0 Å². The van der Waals surface area contributed by atoms with Crippen LogP contribution in [0.3, 0.4) is 0 Å². The molecule has 2 aliphatic rings. The number of benzene rings is 4. The highest BCUT2D eigenvalue weighted by atomic mass is 35.5. The fourth-order valence-electron chi connectivity index (χ4n) is 8.08. The lowest BCUT2D eigenvalue weighted by Gasteiger charge is -2.38. The largest absolute Gasteiger partial charge is 0.508 e. The van der Waals surface area contributed by atoms with Crippen molar-refractivity contribution in [3.8, 4) is 17.0 Å². The molecule has 272 valence electrons. The predicted molar refractivity (Wildman–Crippen MR) is 215 cm³/mol. The van der Waals surface area contributed by atoms with Crippen LogP contribution in [0, 0.1) is 0 Å². The fraction of sp³-hybridized carbons (Fsp3) is 0.256. The number of carbonyl (C=O) groups is 2. The molecule has 10 heteroatoms. The van der Waals surface area contributed by atoms with Crippen LogP contribution >= 0.6 is 24.0 Å². The van der Waals surface area contributed by atoms with Gasteiger partial charge >= 0.3 is 0 Å². The molecule has 0 fully saturated rings. The molecule has 1 atom stereocenters. The molecule has 0 unspecified atom stereocenters. The second-order valence-corrected chi connectivity index (χ2v) is 14.8. The molecule has 0 radical (unpaired) electrons. The number of anilines is 2. The lowest BCUT2D eigenvalue weighted by molar-refractivity contribution is 0.0607. The van der Waals surface area contributed by atoms with Gasteiger partial charge in [-0.25, -0.2) is 0 Å². The van der Waals surface area contributed by atoms with E-state index in [1.165, 1.54) is 5.56 Å². The minimum Gasteiger partial charge on any atom is -0.508 e. The van der Waals surface area contributed by atoms with E-state index < -0.39 is 0 Å². The number of rotatable bonds is 7. The summed E-state index contributed by atoms with van der Waals surface area (Å²) in [5.41, 5.74) is 8.53. The summed E-state index contributed by atoms with van der Waals surface area (Å²) in [6, 6.07) is 30.6. The van der Waals surface area contributed by atoms with Gasteiger partial charge in [0.25, 0.3) is 11.8 Å². The molecule has 0 saturated heterocycles. The standard InChI is InChI=1S/C43H42ClN5O3.ClH/c1-45(2)27-34-22-28-8-4-5-9-30(28)26-48(34)42(51)36-17-11-31(44)24-37(36)41-25-38(40-10-6-7-20-47(40)41)43(52)49(32-12-15-35(50)16-13-32)33-14-18-39-29(23-33)19-21-46(39)3;/h4-5,8-9,11-19,21,23-25,34,50H,6-7,10,20,22,26-27H2,1-3H3;1H/t34-;/m0./s1. The van der Waals surface area contributed by atoms with E-state index in [0.717, 1.165) is 77.9 Å². The lowest BCUT2D eigenvalue weighted by Crippen LogP contribution is -2.49. The molecule has 8 nitrogen and oxygen atoms in total. The molecule has 2 aliphatic heterocycles. The Morgan fingerprint density at radius 3 is 2.40 bits per heavy atom. The van der Waals surface area contributed by atoms with Crippen LogP contribution in [0.5, 0.6) is 5.75 Å². The van der Waals surface area contributed by atoms with Gasteiger partial charge in [-0.2, -0.15) is 0 Å². The Balaban J connectivity index is 0.00000435. The Morgan fingerprint density at radius 2 is 1.62 bits per heavy atom. The summed E-state index contributed by atoms with van der Waals surface area (Å²) in [5.74, 6) is -0.0954. The Hall–Kier alpha value is -5.02. The molecule has 2 aromatic heterocycles. The van der Waals surface area contributed by atoms with Gasteiger partial charge in [-0.3, -0.25) is 14.5 Å². The zero-order chi connectivity index (χ0) is 36.1. The van der Waals surface area contributed by atoms with E-state index in [1.54, 1.807) is 35.2 Å². The van der Waals surface area contributed by atoms with Crippen LogP contribution in [-0.4, -0.2) is 62.5 Å². The second kappa shape index (κ2) is 14.8. The van der Waals surface area contributed by atoms with Crippen molar-refractivity contribution in [1.29, 1.82) is 0 Å². The first-order valence-electron chi connectivity index (χ1n) is 17.9. The Kier molecular flexibility index (Phi) is 10.1. The summed E-state index contributed by atoms with van der Waals surface area (Å²) in [4.78, 5) is 35.7. The number of likely N-dealkylation sites (N-methyl/N-ethyl adjacent to an activating group) is 1. The Morgan fingerprint density at radius 1 is 0.868 bits per heavy atom. The molecule has 53 heavy (non-hydrogen) atoms. The molecule has 8 rings (SSSR count). The summed E-state index contributed by atoms with van der Waals surface area (Å²) >= 11 is 6.71. The topological polar surface area (TPSA) is 74.0 Å². The van der Waals surface area contributed by atoms with Crippen LogP contribution in [0.15, 0.2) is 103 Å². The summed E-state index contributed by atoms with van der Waals surface area (Å²) in [6.45, 7) is 2.00. The molecular weight excluding hydrogens is 705 g/mol. The number of fused-ring (bicyclic) bond motifs is 3. The molecule has 0 saturated carbocycles. The number of phenolic OH excluding ortho intramolecular Hbond substituents is 1. The van der Waals surface area contributed by atoms with Crippen LogP contribution in [0.25, 0.3) is 22.2 Å². The average Bonchev–Trinajstić information content (AvgIpc) is 3.72. The van der Waals surface area contributed by atoms with E-state index in [4.69, 9.17) is 11.6 Å². The van der Waals surface area contributed by atoms with E-state index in [1.807, 2.05) is 80.8 Å². The zero-order valence-electron chi connectivity index (χ0n) is 30.1. The first-order valence-corrected chi connectivity index (χ1v) is 18.3. The van der Waals surface area contributed by atoms with Crippen molar-refractivity contribution in [3.05, 3.63) is 136 Å². The quantitative estimate of drug-likeness (QED) is 0.177. The number of hydrogen-bond acceptors (Lipinski definition) is 4. The van der Waals surface area contributed by atoms with Crippen molar-refractivity contribution in [3.63, 3.8) is 0 Å². The highest BCUT2D eigenvalue weighted by Gasteiger charge is 2.34. The van der Waals surface area contributed by atoms with Gasteiger partial charge in [0, 0.05) is 88.7 Å². The highest BCUT2D eigenvalue weighted by Crippen LogP contribution is 2.39. The van der Waals surface area contributed by atoms with Gasteiger partial charge in [0.1, 0.15) is 5.75 Å². The predicted octanol–water partition coefficient (Wildman–Crippen LogP) is 8.87. The Labute approximate surface area is 321 Å². The third-order valence-electron chi connectivity index (χ3n) is 10.6. The van der Waals surface area contributed by atoms with Crippen molar-refractivity contribution >= 4 is 58.1 Å². The number of aromatic nitrogens is 2.